The van der Waals surface area contributed by atoms with Crippen LogP contribution in [0.3, 0.4) is 0 Å². The van der Waals surface area contributed by atoms with Gasteiger partial charge < -0.3 is 25.0 Å². The topological polar surface area (TPSA) is 58.1 Å². The van der Waals surface area contributed by atoms with E-state index >= 15 is 0 Å². The minimum atomic E-state index is 0. The van der Waals surface area contributed by atoms with E-state index in [9.17, 15) is 0 Å². The Kier molecular flexibility index (Phi) is 12.1. The van der Waals surface area contributed by atoms with Crippen molar-refractivity contribution in [2.45, 2.75) is 19.4 Å². The summed E-state index contributed by atoms with van der Waals surface area (Å²) in [6.45, 7) is 7.26. The van der Waals surface area contributed by atoms with Gasteiger partial charge in [0, 0.05) is 69.6 Å². The lowest BCUT2D eigenvalue weighted by Crippen LogP contribution is -2.37. The highest BCUT2D eigenvalue weighted by molar-refractivity contribution is 14.0. The van der Waals surface area contributed by atoms with E-state index in [1.165, 1.54) is 22.8 Å². The lowest BCUT2D eigenvalue weighted by atomic mass is 10.1. The van der Waals surface area contributed by atoms with E-state index < -0.39 is 0 Å². The molecule has 0 saturated carbocycles. The van der Waals surface area contributed by atoms with Gasteiger partial charge in [-0.25, -0.2) is 0 Å². The number of nitrogens with zero attached hydrogens (tertiary/aromatic N) is 2. The quantitative estimate of drug-likeness (QED) is 0.220. The van der Waals surface area contributed by atoms with Gasteiger partial charge in [0.2, 0.25) is 0 Å². The monoisotopic (exact) mass is 534 g/mol. The summed E-state index contributed by atoms with van der Waals surface area (Å²) >= 11 is 2.04. The fourth-order valence-corrected chi connectivity index (χ4v) is 4.30. The summed E-state index contributed by atoms with van der Waals surface area (Å²) < 4.78 is 11.1. The molecule has 2 aliphatic rings. The summed E-state index contributed by atoms with van der Waals surface area (Å²) in [5.41, 5.74) is 2.59. The van der Waals surface area contributed by atoms with Crippen LogP contribution < -0.4 is 15.5 Å². The maximum Gasteiger partial charge on any atom is 0.191 e. The molecule has 0 amide bonds. The summed E-state index contributed by atoms with van der Waals surface area (Å²) in [5.74, 6) is 3.88. The molecular formula is C21H35IN4O2S. The molecule has 29 heavy (non-hydrogen) atoms. The van der Waals surface area contributed by atoms with Crippen molar-refractivity contribution >= 4 is 47.4 Å². The lowest BCUT2D eigenvalue weighted by molar-refractivity contribution is 0.0888. The largest absolute Gasteiger partial charge is 0.381 e. The molecule has 0 aliphatic carbocycles. The number of thioether (sulfide) groups is 1. The third-order valence-electron chi connectivity index (χ3n) is 5.13. The molecule has 1 aromatic rings. The third-order valence-corrected chi connectivity index (χ3v) is 6.07. The Morgan fingerprint density at radius 3 is 2.72 bits per heavy atom. The van der Waals surface area contributed by atoms with Crippen molar-refractivity contribution in [3.8, 4) is 0 Å². The Balaban J connectivity index is 0.00000300. The fourth-order valence-electron chi connectivity index (χ4n) is 3.40. The average Bonchev–Trinajstić information content (AvgIpc) is 3.27. The van der Waals surface area contributed by atoms with Crippen LogP contribution in [0, 0.1) is 5.92 Å². The number of rotatable bonds is 9. The van der Waals surface area contributed by atoms with E-state index in [4.69, 9.17) is 9.47 Å². The van der Waals surface area contributed by atoms with E-state index in [1.807, 2.05) is 18.8 Å². The van der Waals surface area contributed by atoms with Crippen molar-refractivity contribution in [3.05, 3.63) is 29.8 Å². The van der Waals surface area contributed by atoms with Crippen molar-refractivity contribution in [1.29, 1.82) is 0 Å². The predicted octanol–water partition coefficient (Wildman–Crippen LogP) is 2.97. The van der Waals surface area contributed by atoms with Crippen LogP contribution in [0.15, 0.2) is 29.3 Å². The molecule has 2 heterocycles. The second kappa shape index (κ2) is 14.3. The van der Waals surface area contributed by atoms with Gasteiger partial charge in [0.25, 0.3) is 0 Å². The first-order valence-electron chi connectivity index (χ1n) is 10.4. The molecule has 1 unspecified atom stereocenters. The molecule has 6 nitrogen and oxygen atoms in total. The molecule has 0 spiro atoms. The van der Waals surface area contributed by atoms with E-state index in [2.05, 4.69) is 44.8 Å². The van der Waals surface area contributed by atoms with Gasteiger partial charge in [-0.05, 0) is 30.5 Å². The van der Waals surface area contributed by atoms with Gasteiger partial charge in [-0.2, -0.15) is 11.8 Å². The molecule has 2 aliphatic heterocycles. The highest BCUT2D eigenvalue weighted by Gasteiger charge is 2.15. The molecule has 1 aromatic carbocycles. The minimum absolute atomic E-state index is 0. The van der Waals surface area contributed by atoms with Gasteiger partial charge in [0.1, 0.15) is 0 Å². The number of benzene rings is 1. The van der Waals surface area contributed by atoms with Crippen LogP contribution in [0.4, 0.5) is 5.69 Å². The van der Waals surface area contributed by atoms with Gasteiger partial charge in [-0.3, -0.25) is 4.99 Å². The molecular weight excluding hydrogens is 499 g/mol. The number of aliphatic imine (C=N–C) groups is 1. The van der Waals surface area contributed by atoms with Gasteiger partial charge in [-0.15, -0.1) is 24.0 Å². The predicted molar refractivity (Wildman–Crippen MR) is 134 cm³/mol. The molecule has 0 aromatic heterocycles. The molecule has 8 heteroatoms. The fraction of sp³-hybridized carbons (Fsp3) is 0.667. The normalized spacial score (nSPS) is 19.7. The average molecular weight is 535 g/mol. The second-order valence-corrected chi connectivity index (χ2v) is 8.50. The Morgan fingerprint density at radius 2 is 2.03 bits per heavy atom. The van der Waals surface area contributed by atoms with Crippen LogP contribution in [0.5, 0.6) is 0 Å². The first-order valence-corrected chi connectivity index (χ1v) is 11.5. The Morgan fingerprint density at radius 1 is 1.24 bits per heavy atom. The first kappa shape index (κ1) is 24.6. The standard InChI is InChI=1S/C21H34N4O2S.HI/c1-22-21(23-8-2-11-26-16-19-7-12-27-17-19)24-15-18-3-5-20(6-4-18)25-9-13-28-14-10-25;/h3-6,19H,2,7-17H2,1H3,(H2,22,23,24);1H. The third kappa shape index (κ3) is 8.90. The Labute approximate surface area is 196 Å². The summed E-state index contributed by atoms with van der Waals surface area (Å²) in [6.07, 6.45) is 2.10. The van der Waals surface area contributed by atoms with Crippen molar-refractivity contribution in [2.24, 2.45) is 10.9 Å². The molecule has 2 saturated heterocycles. The summed E-state index contributed by atoms with van der Waals surface area (Å²) in [7, 11) is 1.81. The zero-order chi connectivity index (χ0) is 19.4. The number of guanidine groups is 1. The second-order valence-electron chi connectivity index (χ2n) is 7.28. The van der Waals surface area contributed by atoms with Crippen molar-refractivity contribution in [1.82, 2.24) is 10.6 Å². The van der Waals surface area contributed by atoms with Crippen LogP contribution in [0.25, 0.3) is 0 Å². The lowest BCUT2D eigenvalue weighted by Gasteiger charge is -2.28. The van der Waals surface area contributed by atoms with Gasteiger partial charge in [0.15, 0.2) is 5.96 Å². The number of nitrogens with one attached hydrogen (secondary N) is 2. The smallest absolute Gasteiger partial charge is 0.191 e. The number of hydrogen-bond donors (Lipinski definition) is 2. The van der Waals surface area contributed by atoms with Crippen LogP contribution in [0.2, 0.25) is 0 Å². The van der Waals surface area contributed by atoms with Gasteiger partial charge in [-0.1, -0.05) is 12.1 Å². The molecule has 2 N–H and O–H groups in total. The number of halogens is 1. The SMILES string of the molecule is CN=C(NCCCOCC1CCOC1)NCc1ccc(N2CCSCC2)cc1.I. The van der Waals surface area contributed by atoms with Gasteiger partial charge in [0.05, 0.1) is 13.2 Å². The molecule has 1 atom stereocenters. The van der Waals surface area contributed by atoms with Gasteiger partial charge >= 0.3 is 0 Å². The maximum absolute atomic E-state index is 5.74. The number of hydrogen-bond acceptors (Lipinski definition) is 5. The van der Waals surface area contributed by atoms with Crippen molar-refractivity contribution in [2.75, 3.05) is 69.5 Å². The van der Waals surface area contributed by atoms with Crippen LogP contribution in [-0.2, 0) is 16.0 Å². The maximum atomic E-state index is 5.74. The highest BCUT2D eigenvalue weighted by Crippen LogP contribution is 2.19. The van der Waals surface area contributed by atoms with Crippen LogP contribution in [0.1, 0.15) is 18.4 Å². The van der Waals surface area contributed by atoms with E-state index in [-0.39, 0.29) is 24.0 Å². The van der Waals surface area contributed by atoms with Crippen LogP contribution in [-0.4, -0.2) is 70.6 Å². The zero-order valence-corrected chi connectivity index (χ0v) is 20.5. The van der Waals surface area contributed by atoms with Crippen molar-refractivity contribution in [3.63, 3.8) is 0 Å². The van der Waals surface area contributed by atoms with Crippen molar-refractivity contribution < 1.29 is 9.47 Å². The minimum Gasteiger partial charge on any atom is -0.381 e. The summed E-state index contributed by atoms with van der Waals surface area (Å²) in [4.78, 5) is 6.77. The molecule has 3 rings (SSSR count). The molecule has 2 fully saturated rings. The van der Waals surface area contributed by atoms with Crippen LogP contribution >= 0.6 is 35.7 Å². The number of anilines is 1. The molecule has 164 valence electrons. The Bertz CT molecular complexity index is 591. The van der Waals surface area contributed by atoms with E-state index in [1.54, 1.807) is 0 Å². The molecule has 0 bridgehead atoms. The molecule has 0 radical (unpaired) electrons. The first-order chi connectivity index (χ1) is 13.8. The number of ether oxygens (including phenoxy) is 2. The summed E-state index contributed by atoms with van der Waals surface area (Å²) in [5, 5.41) is 6.74. The zero-order valence-electron chi connectivity index (χ0n) is 17.4. The summed E-state index contributed by atoms with van der Waals surface area (Å²) in [6, 6.07) is 8.88. The Hall–Kier alpha value is -0.710. The highest BCUT2D eigenvalue weighted by atomic mass is 127. The van der Waals surface area contributed by atoms with E-state index in [0.29, 0.717) is 5.92 Å². The van der Waals surface area contributed by atoms with E-state index in [0.717, 1.165) is 71.4 Å².